The summed E-state index contributed by atoms with van der Waals surface area (Å²) in [5.74, 6) is 0. The molecule has 1 unspecified atom stereocenters. The quantitative estimate of drug-likeness (QED) is 0.677. The molecule has 0 aromatic heterocycles. The molecule has 0 radical (unpaired) electrons. The largest absolute Gasteiger partial charge is 0.465 e. The number of rotatable bonds is 4. The molecule has 0 aliphatic heterocycles. The van der Waals surface area contributed by atoms with E-state index in [0.717, 1.165) is 5.56 Å². The molecule has 6 heteroatoms. The van der Waals surface area contributed by atoms with Crippen LogP contribution in [-0.2, 0) is 6.42 Å². The first-order valence-corrected chi connectivity index (χ1v) is 6.38. The Labute approximate surface area is 118 Å². The number of non-ortho nitro benzene ring substituents is 1. The van der Waals surface area contributed by atoms with Crippen LogP contribution >= 0.6 is 0 Å². The topological polar surface area (TPSA) is 83.7 Å². The molecule has 1 atom stereocenters. The van der Waals surface area contributed by atoms with E-state index in [4.69, 9.17) is 0 Å². The highest BCUT2D eigenvalue weighted by atomic mass is 16.6. The molecule has 0 aliphatic carbocycles. The van der Waals surface area contributed by atoms with Crippen LogP contribution in [0.1, 0.15) is 33.3 Å². The minimum Gasteiger partial charge on any atom is -0.465 e. The zero-order valence-corrected chi connectivity index (χ0v) is 12.2. The number of hydrogen-bond donors (Lipinski definition) is 1. The Hall–Kier alpha value is -2.11. The maximum atomic E-state index is 11.4. The molecule has 0 aliphatic rings. The predicted octanol–water partition coefficient (Wildman–Crippen LogP) is 3.30. The molecule has 1 aromatic carbocycles. The highest BCUT2D eigenvalue weighted by Gasteiger charge is 2.30. The summed E-state index contributed by atoms with van der Waals surface area (Å²) >= 11 is 0. The van der Waals surface area contributed by atoms with Gasteiger partial charge in [0.25, 0.3) is 5.69 Å². The molecule has 20 heavy (non-hydrogen) atoms. The lowest BCUT2D eigenvalue weighted by Gasteiger charge is -2.38. The van der Waals surface area contributed by atoms with Crippen LogP contribution in [0.3, 0.4) is 0 Å². The van der Waals surface area contributed by atoms with Crippen molar-refractivity contribution in [3.8, 4) is 0 Å². The Morgan fingerprint density at radius 1 is 1.45 bits per heavy atom. The van der Waals surface area contributed by atoms with Gasteiger partial charge in [-0.15, -0.1) is 0 Å². The van der Waals surface area contributed by atoms with Gasteiger partial charge >= 0.3 is 6.09 Å². The van der Waals surface area contributed by atoms with Crippen molar-refractivity contribution in [3.05, 3.63) is 39.9 Å². The van der Waals surface area contributed by atoms with Gasteiger partial charge in [0, 0.05) is 23.7 Å². The number of nitro benzene ring substituents is 1. The SMILES string of the molecule is CC(Cc1cccc([N+](=O)[O-])c1)N(C(=O)O)C(C)(C)C. The summed E-state index contributed by atoms with van der Waals surface area (Å²) in [5.41, 5.74) is 0.251. The molecule has 0 heterocycles. The second-order valence-corrected chi connectivity index (χ2v) is 5.80. The third-order valence-electron chi connectivity index (χ3n) is 3.02. The van der Waals surface area contributed by atoms with Crippen molar-refractivity contribution in [1.82, 2.24) is 4.90 Å². The molecule has 0 saturated carbocycles. The molecule has 0 spiro atoms. The summed E-state index contributed by atoms with van der Waals surface area (Å²) < 4.78 is 0. The van der Waals surface area contributed by atoms with Gasteiger partial charge in [-0.05, 0) is 39.7 Å². The lowest BCUT2D eigenvalue weighted by atomic mass is 9.99. The minimum absolute atomic E-state index is 0.0207. The summed E-state index contributed by atoms with van der Waals surface area (Å²) in [6, 6.07) is 6.02. The van der Waals surface area contributed by atoms with Crippen molar-refractivity contribution < 1.29 is 14.8 Å². The number of hydrogen-bond acceptors (Lipinski definition) is 3. The number of nitro groups is 1. The third kappa shape index (κ3) is 3.94. The fourth-order valence-electron chi connectivity index (χ4n) is 2.37. The van der Waals surface area contributed by atoms with E-state index in [-0.39, 0.29) is 11.7 Å². The van der Waals surface area contributed by atoms with E-state index in [0.29, 0.717) is 6.42 Å². The molecular formula is C14H20N2O4. The molecule has 1 rings (SSSR count). The second-order valence-electron chi connectivity index (χ2n) is 5.80. The van der Waals surface area contributed by atoms with Crippen LogP contribution in [0, 0.1) is 10.1 Å². The van der Waals surface area contributed by atoms with E-state index >= 15 is 0 Å². The van der Waals surface area contributed by atoms with Gasteiger partial charge in [0.1, 0.15) is 0 Å². The lowest BCUT2D eigenvalue weighted by molar-refractivity contribution is -0.384. The van der Waals surface area contributed by atoms with Crippen molar-refractivity contribution in [2.45, 2.75) is 45.7 Å². The van der Waals surface area contributed by atoms with Crippen LogP contribution in [0.5, 0.6) is 0 Å². The van der Waals surface area contributed by atoms with E-state index in [1.54, 1.807) is 19.1 Å². The first kappa shape index (κ1) is 15.9. The van der Waals surface area contributed by atoms with Crippen LogP contribution < -0.4 is 0 Å². The average Bonchev–Trinajstić information content (AvgIpc) is 2.26. The number of amides is 1. The second kappa shape index (κ2) is 5.90. The fraction of sp³-hybridized carbons (Fsp3) is 0.500. The van der Waals surface area contributed by atoms with Crippen LogP contribution in [0.2, 0.25) is 0 Å². The fourth-order valence-corrected chi connectivity index (χ4v) is 2.37. The van der Waals surface area contributed by atoms with Gasteiger partial charge in [-0.3, -0.25) is 10.1 Å². The monoisotopic (exact) mass is 280 g/mol. The zero-order chi connectivity index (χ0) is 15.5. The summed E-state index contributed by atoms with van der Waals surface area (Å²) in [7, 11) is 0. The average molecular weight is 280 g/mol. The van der Waals surface area contributed by atoms with Gasteiger partial charge < -0.3 is 10.0 Å². The maximum absolute atomic E-state index is 11.4. The van der Waals surface area contributed by atoms with Gasteiger partial charge in [0.15, 0.2) is 0 Å². The van der Waals surface area contributed by atoms with E-state index in [9.17, 15) is 20.0 Å². The lowest BCUT2D eigenvalue weighted by Crippen LogP contribution is -2.50. The van der Waals surface area contributed by atoms with E-state index in [1.807, 2.05) is 20.8 Å². The summed E-state index contributed by atoms with van der Waals surface area (Å²) in [6.07, 6.45) is -0.555. The predicted molar refractivity (Wildman–Crippen MR) is 75.9 cm³/mol. The maximum Gasteiger partial charge on any atom is 0.407 e. The molecule has 6 nitrogen and oxygen atoms in total. The molecule has 0 fully saturated rings. The third-order valence-corrected chi connectivity index (χ3v) is 3.02. The minimum atomic E-state index is -0.990. The smallest absolute Gasteiger partial charge is 0.407 e. The Kier molecular flexibility index (Phi) is 4.70. The summed E-state index contributed by atoms with van der Waals surface area (Å²) in [5, 5.41) is 20.1. The molecule has 0 saturated heterocycles. The highest BCUT2D eigenvalue weighted by molar-refractivity contribution is 5.66. The number of nitrogens with zero attached hydrogens (tertiary/aromatic N) is 2. The van der Waals surface area contributed by atoms with Crippen molar-refractivity contribution >= 4 is 11.8 Å². The number of carbonyl (C=O) groups is 1. The molecule has 1 aromatic rings. The Morgan fingerprint density at radius 3 is 2.50 bits per heavy atom. The molecule has 1 N–H and O–H groups in total. The molecule has 110 valence electrons. The van der Waals surface area contributed by atoms with Gasteiger partial charge in [-0.1, -0.05) is 12.1 Å². The molecular weight excluding hydrogens is 260 g/mol. The number of benzene rings is 1. The van der Waals surface area contributed by atoms with Crippen molar-refractivity contribution in [1.29, 1.82) is 0 Å². The molecule has 0 bridgehead atoms. The highest BCUT2D eigenvalue weighted by Crippen LogP contribution is 2.21. The van der Waals surface area contributed by atoms with Gasteiger partial charge in [0.05, 0.1) is 4.92 Å². The van der Waals surface area contributed by atoms with Crippen molar-refractivity contribution in [3.63, 3.8) is 0 Å². The summed E-state index contributed by atoms with van der Waals surface area (Å²) in [4.78, 5) is 23.0. The van der Waals surface area contributed by atoms with Crippen LogP contribution in [0.25, 0.3) is 0 Å². The Bertz CT molecular complexity index is 508. The van der Waals surface area contributed by atoms with E-state index in [1.165, 1.54) is 17.0 Å². The van der Waals surface area contributed by atoms with Crippen LogP contribution in [0.4, 0.5) is 10.5 Å². The van der Waals surface area contributed by atoms with E-state index < -0.39 is 16.6 Å². The molecule has 1 amide bonds. The zero-order valence-electron chi connectivity index (χ0n) is 12.2. The first-order chi connectivity index (χ1) is 9.12. The Morgan fingerprint density at radius 2 is 2.05 bits per heavy atom. The van der Waals surface area contributed by atoms with Crippen LogP contribution in [0.15, 0.2) is 24.3 Å². The van der Waals surface area contributed by atoms with Gasteiger partial charge in [-0.2, -0.15) is 0 Å². The van der Waals surface area contributed by atoms with Crippen molar-refractivity contribution in [2.24, 2.45) is 0 Å². The standard InChI is InChI=1S/C14H20N2O4/c1-10(15(13(17)18)14(2,3)4)8-11-6-5-7-12(9-11)16(19)20/h5-7,9-10H,8H2,1-4H3,(H,17,18). The van der Waals surface area contributed by atoms with Crippen molar-refractivity contribution in [2.75, 3.05) is 0 Å². The van der Waals surface area contributed by atoms with Crippen LogP contribution in [-0.4, -0.2) is 32.6 Å². The first-order valence-electron chi connectivity index (χ1n) is 6.38. The number of carboxylic acid groups (broad SMARTS) is 1. The summed E-state index contributed by atoms with van der Waals surface area (Å²) in [6.45, 7) is 7.28. The van der Waals surface area contributed by atoms with Gasteiger partial charge in [0.2, 0.25) is 0 Å². The van der Waals surface area contributed by atoms with E-state index in [2.05, 4.69) is 0 Å². The van der Waals surface area contributed by atoms with Gasteiger partial charge in [-0.25, -0.2) is 4.79 Å². The Balaban J connectivity index is 2.94. The normalized spacial score (nSPS) is 12.8.